The summed E-state index contributed by atoms with van der Waals surface area (Å²) in [6.45, 7) is 2.37. The van der Waals surface area contributed by atoms with Crippen molar-refractivity contribution >= 4 is 39.8 Å². The van der Waals surface area contributed by atoms with E-state index in [1.807, 2.05) is 31.2 Å². The van der Waals surface area contributed by atoms with Gasteiger partial charge in [-0.05, 0) is 54.1 Å². The number of fused-ring (bicyclic) bond motifs is 2. The van der Waals surface area contributed by atoms with Gasteiger partial charge in [0.1, 0.15) is 17.4 Å². The number of amidine groups is 2. The molecule has 0 saturated carbocycles. The largest absolute Gasteiger partial charge is 0.486 e. The Balaban J connectivity index is 1.36. The molecule has 1 amide bonds. The summed E-state index contributed by atoms with van der Waals surface area (Å²) in [5.41, 5.74) is 1.89. The number of nitrogens with one attached hydrogen (secondary N) is 1. The molecule has 2 aromatic rings. The number of amides is 1. The normalized spacial score (nSPS) is 18.4. The van der Waals surface area contributed by atoms with Gasteiger partial charge in [-0.2, -0.15) is 15.1 Å². The van der Waals surface area contributed by atoms with Gasteiger partial charge in [0.25, 0.3) is 5.91 Å². The van der Waals surface area contributed by atoms with Crippen molar-refractivity contribution in [3.8, 4) is 17.2 Å². The minimum absolute atomic E-state index is 0.0268. The maximum atomic E-state index is 12.5. The molecule has 0 bridgehead atoms. The standard InChI is InChI=1S/C21H16N4O4S/c1-12-4-2-3-5-15(12)27-10-18-24-25-19(22)14(20(26)23-21(25)30-18)8-13-6-7-16-17(9-13)29-11-28-16/h2-9,22H,10-11H2,1H3/b14-8-,22-19?. The minimum Gasteiger partial charge on any atom is -0.486 e. The highest BCUT2D eigenvalue weighted by atomic mass is 32.2. The molecule has 0 unspecified atom stereocenters. The topological polar surface area (TPSA) is 96.6 Å². The lowest BCUT2D eigenvalue weighted by atomic mass is 10.1. The highest BCUT2D eigenvalue weighted by Gasteiger charge is 2.35. The first-order valence-corrected chi connectivity index (χ1v) is 9.97. The third-order valence-corrected chi connectivity index (χ3v) is 5.53. The van der Waals surface area contributed by atoms with Crippen molar-refractivity contribution in [1.29, 1.82) is 5.41 Å². The molecule has 5 rings (SSSR count). The van der Waals surface area contributed by atoms with Crippen LogP contribution in [0.3, 0.4) is 0 Å². The second-order valence-electron chi connectivity index (χ2n) is 6.68. The number of rotatable bonds is 4. The van der Waals surface area contributed by atoms with E-state index in [1.165, 1.54) is 16.8 Å². The first-order chi connectivity index (χ1) is 14.6. The predicted molar refractivity (Wildman–Crippen MR) is 114 cm³/mol. The fourth-order valence-corrected chi connectivity index (χ4v) is 3.92. The van der Waals surface area contributed by atoms with Crippen LogP contribution >= 0.6 is 11.8 Å². The molecule has 0 atom stereocenters. The summed E-state index contributed by atoms with van der Waals surface area (Å²) < 4.78 is 16.5. The van der Waals surface area contributed by atoms with Crippen molar-refractivity contribution in [2.45, 2.75) is 6.92 Å². The van der Waals surface area contributed by atoms with Gasteiger partial charge in [0.15, 0.2) is 17.3 Å². The summed E-state index contributed by atoms with van der Waals surface area (Å²) in [6, 6.07) is 13.0. The lowest BCUT2D eigenvalue weighted by Crippen LogP contribution is -2.35. The van der Waals surface area contributed by atoms with E-state index in [1.54, 1.807) is 24.3 Å². The number of nitrogens with zero attached hydrogens (tertiary/aromatic N) is 3. The molecule has 1 N–H and O–H groups in total. The highest BCUT2D eigenvalue weighted by Crippen LogP contribution is 2.34. The van der Waals surface area contributed by atoms with Crippen LogP contribution in [0.25, 0.3) is 6.08 Å². The second kappa shape index (κ2) is 7.34. The van der Waals surface area contributed by atoms with Gasteiger partial charge in [-0.25, -0.2) is 0 Å². The molecule has 0 aliphatic carbocycles. The first kappa shape index (κ1) is 18.4. The van der Waals surface area contributed by atoms with Gasteiger partial charge in [-0.1, -0.05) is 24.3 Å². The minimum atomic E-state index is -0.479. The molecule has 0 saturated heterocycles. The molecule has 3 aliphatic heterocycles. The van der Waals surface area contributed by atoms with Gasteiger partial charge in [-0.15, -0.1) is 0 Å². The molecule has 0 aromatic heterocycles. The molecular weight excluding hydrogens is 404 g/mol. The van der Waals surface area contributed by atoms with E-state index in [-0.39, 0.29) is 24.8 Å². The summed E-state index contributed by atoms with van der Waals surface area (Å²) in [5.74, 6) is 1.52. The zero-order valence-corrected chi connectivity index (χ0v) is 16.7. The number of carbonyl (C=O) groups is 1. The summed E-state index contributed by atoms with van der Waals surface area (Å²) in [5, 5.41) is 15.2. The molecule has 2 aromatic carbocycles. The highest BCUT2D eigenvalue weighted by molar-refractivity contribution is 8.27. The molecule has 30 heavy (non-hydrogen) atoms. The van der Waals surface area contributed by atoms with Crippen molar-refractivity contribution in [1.82, 2.24) is 5.01 Å². The molecule has 3 aliphatic rings. The van der Waals surface area contributed by atoms with E-state index >= 15 is 0 Å². The summed E-state index contributed by atoms with van der Waals surface area (Å²) in [6.07, 6.45) is 1.61. The van der Waals surface area contributed by atoms with Gasteiger partial charge >= 0.3 is 0 Å². The number of para-hydroxylation sites is 1. The summed E-state index contributed by atoms with van der Waals surface area (Å²) in [4.78, 5) is 16.6. The number of aliphatic imine (C=N–C) groups is 1. The van der Waals surface area contributed by atoms with E-state index in [4.69, 9.17) is 19.6 Å². The Morgan fingerprint density at radius 1 is 1.23 bits per heavy atom. The number of benzene rings is 2. The number of ether oxygens (including phenoxy) is 3. The van der Waals surface area contributed by atoms with Gasteiger partial charge in [0, 0.05) is 0 Å². The summed E-state index contributed by atoms with van der Waals surface area (Å²) >= 11 is 1.23. The van der Waals surface area contributed by atoms with Crippen molar-refractivity contribution in [3.63, 3.8) is 0 Å². The Kier molecular flexibility index (Phi) is 4.51. The number of hydrogen-bond donors (Lipinski definition) is 1. The molecule has 0 fully saturated rings. The van der Waals surface area contributed by atoms with Gasteiger partial charge in [0.05, 0.1) is 5.57 Å². The van der Waals surface area contributed by atoms with Gasteiger partial charge < -0.3 is 14.2 Å². The quantitative estimate of drug-likeness (QED) is 0.762. The Bertz CT molecular complexity index is 1170. The average Bonchev–Trinajstić information content (AvgIpc) is 3.37. The van der Waals surface area contributed by atoms with E-state index in [9.17, 15) is 4.79 Å². The van der Waals surface area contributed by atoms with Crippen LogP contribution in [0.15, 0.2) is 58.1 Å². The van der Waals surface area contributed by atoms with Crippen LogP contribution in [-0.2, 0) is 4.79 Å². The molecule has 9 heteroatoms. The van der Waals surface area contributed by atoms with Crippen LogP contribution in [-0.4, -0.2) is 40.4 Å². The molecule has 150 valence electrons. The SMILES string of the molecule is Cc1ccccc1OCC1=NN2C(=N)/C(=C/c3ccc4c(c3)OCO4)C(=O)N=C2S1. The number of hydrogen-bond acceptors (Lipinski definition) is 7. The Labute approximate surface area is 176 Å². The van der Waals surface area contributed by atoms with E-state index in [0.29, 0.717) is 27.3 Å². The number of carbonyl (C=O) groups excluding carboxylic acids is 1. The first-order valence-electron chi connectivity index (χ1n) is 9.16. The van der Waals surface area contributed by atoms with Gasteiger partial charge in [0.2, 0.25) is 12.0 Å². The van der Waals surface area contributed by atoms with Crippen LogP contribution < -0.4 is 14.2 Å². The zero-order chi connectivity index (χ0) is 20.7. The number of thioether (sulfide) groups is 1. The Hall–Kier alpha value is -3.59. The number of aryl methyl sites for hydroxylation is 1. The van der Waals surface area contributed by atoms with E-state index in [0.717, 1.165) is 11.3 Å². The molecule has 0 radical (unpaired) electrons. The maximum Gasteiger partial charge on any atom is 0.283 e. The Morgan fingerprint density at radius 2 is 2.07 bits per heavy atom. The van der Waals surface area contributed by atoms with Gasteiger partial charge in [-0.3, -0.25) is 10.2 Å². The average molecular weight is 420 g/mol. The van der Waals surface area contributed by atoms with E-state index < -0.39 is 5.91 Å². The van der Waals surface area contributed by atoms with Crippen LogP contribution in [0.1, 0.15) is 11.1 Å². The molecular formula is C21H16N4O4S. The fourth-order valence-electron chi connectivity index (χ4n) is 3.12. The smallest absolute Gasteiger partial charge is 0.283 e. The Morgan fingerprint density at radius 3 is 2.93 bits per heavy atom. The lowest BCUT2D eigenvalue weighted by molar-refractivity contribution is -0.114. The maximum absolute atomic E-state index is 12.5. The zero-order valence-electron chi connectivity index (χ0n) is 15.9. The van der Waals surface area contributed by atoms with E-state index in [2.05, 4.69) is 10.1 Å². The van der Waals surface area contributed by atoms with Crippen molar-refractivity contribution < 1.29 is 19.0 Å². The van der Waals surface area contributed by atoms with Crippen LogP contribution in [0.2, 0.25) is 0 Å². The molecule has 3 heterocycles. The monoisotopic (exact) mass is 420 g/mol. The van der Waals surface area contributed by atoms with Crippen LogP contribution in [0.5, 0.6) is 17.2 Å². The lowest BCUT2D eigenvalue weighted by Gasteiger charge is -2.20. The van der Waals surface area contributed by atoms with Crippen molar-refractivity contribution in [2.24, 2.45) is 10.1 Å². The third kappa shape index (κ3) is 3.33. The van der Waals surface area contributed by atoms with Crippen molar-refractivity contribution in [2.75, 3.05) is 13.4 Å². The predicted octanol–water partition coefficient (Wildman–Crippen LogP) is 3.42. The van der Waals surface area contributed by atoms with Crippen LogP contribution in [0, 0.1) is 12.3 Å². The molecule has 0 spiro atoms. The summed E-state index contributed by atoms with van der Waals surface area (Å²) in [7, 11) is 0. The third-order valence-electron chi connectivity index (χ3n) is 4.65. The fraction of sp³-hybridized carbons (Fsp3) is 0.143. The second-order valence-corrected chi connectivity index (χ2v) is 7.72. The molecule has 8 nitrogen and oxygen atoms in total. The van der Waals surface area contributed by atoms with Crippen molar-refractivity contribution in [3.05, 3.63) is 59.2 Å². The number of hydrazone groups is 1. The van der Waals surface area contributed by atoms with Crippen LogP contribution in [0.4, 0.5) is 0 Å².